The van der Waals surface area contributed by atoms with Crippen molar-refractivity contribution >= 4 is 27.7 Å². The van der Waals surface area contributed by atoms with Crippen molar-refractivity contribution in [2.24, 2.45) is 0 Å². The van der Waals surface area contributed by atoms with Crippen molar-refractivity contribution in [2.45, 2.75) is 64.1 Å². The number of nitrogens with zero attached hydrogens (tertiary/aromatic N) is 1. The first-order valence-electron chi connectivity index (χ1n) is 8.30. The van der Waals surface area contributed by atoms with Crippen LogP contribution in [0.3, 0.4) is 0 Å². The summed E-state index contributed by atoms with van der Waals surface area (Å²) in [6.07, 6.45) is -4.76. The summed E-state index contributed by atoms with van der Waals surface area (Å²) in [6, 6.07) is 2.70. The molecule has 2 amide bonds. The summed E-state index contributed by atoms with van der Waals surface area (Å²) in [6.45, 7) is 9.24. The fourth-order valence-corrected chi connectivity index (χ4v) is 2.68. The maximum absolute atomic E-state index is 13.6. The van der Waals surface area contributed by atoms with E-state index in [2.05, 4.69) is 0 Å². The first-order chi connectivity index (χ1) is 12.4. The van der Waals surface area contributed by atoms with Crippen LogP contribution in [0, 0.1) is 0 Å². The maximum Gasteiger partial charge on any atom is 0.424 e. The molecule has 0 saturated heterocycles. The van der Waals surface area contributed by atoms with Gasteiger partial charge in [0.05, 0.1) is 10.6 Å². The van der Waals surface area contributed by atoms with E-state index in [9.17, 15) is 26.8 Å². The highest BCUT2D eigenvalue weighted by molar-refractivity contribution is 7.90. The van der Waals surface area contributed by atoms with E-state index in [4.69, 9.17) is 9.47 Å². The summed E-state index contributed by atoms with van der Waals surface area (Å²) in [7, 11) is -3.78. The van der Waals surface area contributed by atoms with Crippen molar-refractivity contribution in [2.75, 3.05) is 11.2 Å². The van der Waals surface area contributed by atoms with Crippen LogP contribution in [-0.4, -0.2) is 38.1 Å². The lowest BCUT2D eigenvalue weighted by Crippen LogP contribution is -2.44. The van der Waals surface area contributed by atoms with Gasteiger partial charge in [-0.1, -0.05) is 0 Å². The van der Waals surface area contributed by atoms with Crippen LogP contribution in [0.1, 0.15) is 53.5 Å². The molecular weight excluding hydrogens is 396 g/mol. The zero-order valence-electron chi connectivity index (χ0n) is 16.9. The SMILES string of the molecule is CC(C)(C)OC(=O)N(C(=O)OC(C)(C)C)c1ccc(S(C)(=O)=O)cc1C(F)F. The van der Waals surface area contributed by atoms with Crippen LogP contribution in [0.15, 0.2) is 23.1 Å². The molecule has 0 spiro atoms. The van der Waals surface area contributed by atoms with Gasteiger partial charge in [-0.15, -0.1) is 0 Å². The molecule has 0 heterocycles. The molecule has 10 heteroatoms. The highest BCUT2D eigenvalue weighted by Gasteiger charge is 2.35. The Hall–Kier alpha value is -2.23. The number of anilines is 1. The maximum atomic E-state index is 13.6. The minimum atomic E-state index is -3.78. The van der Waals surface area contributed by atoms with E-state index < -0.39 is 50.9 Å². The van der Waals surface area contributed by atoms with E-state index in [1.54, 1.807) is 41.5 Å². The average molecular weight is 421 g/mol. The minimum absolute atomic E-state index is 0.337. The molecule has 1 rings (SSSR count). The summed E-state index contributed by atoms with van der Waals surface area (Å²) in [5.74, 6) is 0. The molecular formula is C18H25F2NO6S. The van der Waals surface area contributed by atoms with E-state index >= 15 is 0 Å². The van der Waals surface area contributed by atoms with E-state index in [1.807, 2.05) is 0 Å². The van der Waals surface area contributed by atoms with Gasteiger partial charge in [0.25, 0.3) is 6.43 Å². The first kappa shape index (κ1) is 23.8. The van der Waals surface area contributed by atoms with Gasteiger partial charge in [-0.2, -0.15) is 4.90 Å². The highest BCUT2D eigenvalue weighted by atomic mass is 32.2. The number of ether oxygens (including phenoxy) is 2. The van der Waals surface area contributed by atoms with Crippen LogP contribution in [0.4, 0.5) is 24.1 Å². The number of halogens is 2. The van der Waals surface area contributed by atoms with Crippen LogP contribution in [0.25, 0.3) is 0 Å². The number of amides is 2. The van der Waals surface area contributed by atoms with E-state index in [-0.39, 0.29) is 4.90 Å². The van der Waals surface area contributed by atoms with Crippen LogP contribution in [-0.2, 0) is 19.3 Å². The van der Waals surface area contributed by atoms with Gasteiger partial charge < -0.3 is 9.47 Å². The number of hydrogen-bond donors (Lipinski definition) is 0. The van der Waals surface area contributed by atoms with Crippen molar-refractivity contribution in [3.63, 3.8) is 0 Å². The zero-order valence-corrected chi connectivity index (χ0v) is 17.7. The van der Waals surface area contributed by atoms with Crippen LogP contribution in [0.5, 0.6) is 0 Å². The molecule has 0 bridgehead atoms. The third-order valence-corrected chi connectivity index (χ3v) is 4.17. The van der Waals surface area contributed by atoms with Crippen LogP contribution in [0.2, 0.25) is 0 Å². The van der Waals surface area contributed by atoms with E-state index in [0.717, 1.165) is 24.5 Å². The van der Waals surface area contributed by atoms with Crippen molar-refractivity contribution in [3.05, 3.63) is 23.8 Å². The van der Waals surface area contributed by atoms with Gasteiger partial charge >= 0.3 is 12.2 Å². The largest absolute Gasteiger partial charge is 0.443 e. The van der Waals surface area contributed by atoms with Gasteiger partial charge in [0.1, 0.15) is 11.2 Å². The standard InChI is InChI=1S/C18H25F2NO6S/c1-17(2,3)26-15(22)21(16(23)27-18(4,5)6)13-9-8-11(28(7,24)25)10-12(13)14(19)20/h8-10,14H,1-7H3. The number of imide groups is 1. The Labute approximate surface area is 163 Å². The van der Waals surface area contributed by atoms with E-state index in [0.29, 0.717) is 4.90 Å². The van der Waals surface area contributed by atoms with Crippen molar-refractivity contribution in [1.29, 1.82) is 0 Å². The molecule has 0 unspecified atom stereocenters. The molecule has 0 saturated carbocycles. The zero-order chi connectivity index (χ0) is 22.1. The number of benzene rings is 1. The minimum Gasteiger partial charge on any atom is -0.443 e. The summed E-state index contributed by atoms with van der Waals surface area (Å²) in [5.41, 5.74) is -3.38. The third-order valence-electron chi connectivity index (χ3n) is 3.06. The molecule has 0 aromatic heterocycles. The number of carbonyl (C=O) groups excluding carboxylic acids is 2. The smallest absolute Gasteiger partial charge is 0.424 e. The summed E-state index contributed by atoms with van der Waals surface area (Å²) in [4.78, 5) is 25.1. The van der Waals surface area contributed by atoms with Crippen molar-refractivity contribution in [1.82, 2.24) is 0 Å². The molecule has 1 aromatic rings. The number of alkyl halides is 2. The fourth-order valence-electron chi connectivity index (χ4n) is 2.03. The van der Waals surface area contributed by atoms with Gasteiger partial charge in [-0.05, 0) is 59.7 Å². The Balaban J connectivity index is 3.60. The summed E-state index contributed by atoms with van der Waals surface area (Å²) < 4.78 is 60.9. The molecule has 28 heavy (non-hydrogen) atoms. The Bertz CT molecular complexity index is 826. The first-order valence-corrected chi connectivity index (χ1v) is 10.2. The molecule has 0 fully saturated rings. The molecule has 0 atom stereocenters. The molecule has 0 aliphatic heterocycles. The second kappa shape index (κ2) is 8.02. The van der Waals surface area contributed by atoms with Crippen molar-refractivity contribution < 1.29 is 36.3 Å². The predicted molar refractivity (Wildman–Crippen MR) is 99.5 cm³/mol. The summed E-state index contributed by atoms with van der Waals surface area (Å²) >= 11 is 0. The third kappa shape index (κ3) is 6.74. The van der Waals surface area contributed by atoms with Gasteiger partial charge in [0.15, 0.2) is 9.84 Å². The lowest BCUT2D eigenvalue weighted by Gasteiger charge is -2.29. The second-order valence-electron chi connectivity index (χ2n) is 8.09. The average Bonchev–Trinajstić information content (AvgIpc) is 2.42. The van der Waals surface area contributed by atoms with E-state index in [1.165, 1.54) is 0 Å². The lowest BCUT2D eigenvalue weighted by molar-refractivity contribution is 0.0429. The van der Waals surface area contributed by atoms with Gasteiger partial charge in [0.2, 0.25) is 0 Å². The lowest BCUT2D eigenvalue weighted by atomic mass is 10.1. The Kier molecular flexibility index (Phi) is 6.82. The predicted octanol–water partition coefficient (Wildman–Crippen LogP) is 4.70. The van der Waals surface area contributed by atoms with Gasteiger partial charge in [-0.3, -0.25) is 0 Å². The second-order valence-corrected chi connectivity index (χ2v) is 10.1. The molecule has 0 aliphatic rings. The molecule has 7 nitrogen and oxygen atoms in total. The fraction of sp³-hybridized carbons (Fsp3) is 0.556. The Morgan fingerprint density at radius 1 is 0.964 bits per heavy atom. The number of rotatable bonds is 3. The highest BCUT2D eigenvalue weighted by Crippen LogP contribution is 2.34. The molecule has 0 radical (unpaired) electrons. The van der Waals surface area contributed by atoms with Crippen molar-refractivity contribution in [3.8, 4) is 0 Å². The molecule has 0 N–H and O–H groups in total. The van der Waals surface area contributed by atoms with Crippen LogP contribution < -0.4 is 4.90 Å². The molecule has 158 valence electrons. The quantitative estimate of drug-likeness (QED) is 0.702. The van der Waals surface area contributed by atoms with Gasteiger partial charge in [0, 0.05) is 11.8 Å². The monoisotopic (exact) mass is 421 g/mol. The van der Waals surface area contributed by atoms with Crippen LogP contribution >= 0.6 is 0 Å². The molecule has 0 aliphatic carbocycles. The number of hydrogen-bond acceptors (Lipinski definition) is 6. The summed E-state index contributed by atoms with van der Waals surface area (Å²) in [5, 5.41) is 0. The Morgan fingerprint density at radius 3 is 1.71 bits per heavy atom. The normalized spacial score (nSPS) is 12.6. The topological polar surface area (TPSA) is 90.0 Å². The number of sulfone groups is 1. The van der Waals surface area contributed by atoms with Gasteiger partial charge in [-0.25, -0.2) is 26.8 Å². The molecule has 1 aromatic carbocycles. The Morgan fingerprint density at radius 2 is 1.39 bits per heavy atom. The number of carbonyl (C=O) groups is 2.